The number of rotatable bonds is 12. The molecule has 0 saturated heterocycles. The molecule has 0 N–H and O–H groups in total. The molecule has 24 heavy (non-hydrogen) atoms. The standard InChI is InChI=1S/C20H29BrS3/c1-3-5-7-9-11-16-13-19(21)24-20(16)18-14-17(15-23-18)22-12-10-8-6-4-2/h13-15H,3-12H2,1-2H3. The number of hydrogen-bond donors (Lipinski definition) is 0. The van der Waals surface area contributed by atoms with Gasteiger partial charge in [-0.15, -0.1) is 34.4 Å². The third-order valence-electron chi connectivity index (χ3n) is 4.14. The molecule has 0 bridgehead atoms. The minimum atomic E-state index is 1.22. The van der Waals surface area contributed by atoms with Crippen molar-refractivity contribution in [1.82, 2.24) is 0 Å². The zero-order chi connectivity index (χ0) is 17.2. The quantitative estimate of drug-likeness (QED) is 0.232. The molecule has 2 heterocycles. The predicted molar refractivity (Wildman–Crippen MR) is 118 cm³/mol. The lowest BCUT2D eigenvalue weighted by atomic mass is 10.1. The zero-order valence-corrected chi connectivity index (χ0v) is 18.9. The Labute approximate surface area is 168 Å². The second-order valence-electron chi connectivity index (χ2n) is 6.27. The van der Waals surface area contributed by atoms with Crippen LogP contribution in [0.3, 0.4) is 0 Å². The minimum absolute atomic E-state index is 1.22. The molecule has 2 rings (SSSR count). The Hall–Kier alpha value is 0.230. The molecule has 134 valence electrons. The predicted octanol–water partition coefficient (Wildman–Crippen LogP) is 9.03. The molecule has 0 aliphatic carbocycles. The van der Waals surface area contributed by atoms with E-state index in [2.05, 4.69) is 47.3 Å². The number of hydrogen-bond acceptors (Lipinski definition) is 3. The maximum Gasteiger partial charge on any atom is 0.0708 e. The topological polar surface area (TPSA) is 0 Å². The molecular weight excluding hydrogens is 416 g/mol. The van der Waals surface area contributed by atoms with Gasteiger partial charge in [-0.3, -0.25) is 0 Å². The fourth-order valence-corrected chi connectivity index (χ4v) is 6.66. The largest absolute Gasteiger partial charge is 0.142 e. The third kappa shape index (κ3) is 6.86. The van der Waals surface area contributed by atoms with Crippen LogP contribution in [-0.4, -0.2) is 5.75 Å². The molecule has 0 aromatic carbocycles. The molecule has 0 spiro atoms. The molecule has 0 amide bonds. The van der Waals surface area contributed by atoms with Gasteiger partial charge in [0.2, 0.25) is 0 Å². The summed E-state index contributed by atoms with van der Waals surface area (Å²) in [6, 6.07) is 4.74. The van der Waals surface area contributed by atoms with Crippen LogP contribution in [0.1, 0.15) is 70.8 Å². The summed E-state index contributed by atoms with van der Waals surface area (Å²) in [6.07, 6.45) is 12.0. The third-order valence-corrected chi connectivity index (χ3v) is 8.15. The molecule has 0 atom stereocenters. The lowest BCUT2D eigenvalue weighted by Crippen LogP contribution is -1.85. The Kier molecular flexibility index (Phi) is 10.1. The molecular formula is C20H29BrS3. The van der Waals surface area contributed by atoms with Gasteiger partial charge in [-0.25, -0.2) is 0 Å². The van der Waals surface area contributed by atoms with E-state index in [4.69, 9.17) is 0 Å². The van der Waals surface area contributed by atoms with Gasteiger partial charge in [-0.2, -0.15) is 0 Å². The fraction of sp³-hybridized carbons (Fsp3) is 0.600. The maximum atomic E-state index is 3.69. The van der Waals surface area contributed by atoms with Crippen LogP contribution in [0.4, 0.5) is 0 Å². The molecule has 0 aliphatic heterocycles. The SMILES string of the molecule is CCCCCCSc1csc(-c2sc(Br)cc2CCCCCC)c1. The van der Waals surface area contributed by atoms with Gasteiger partial charge < -0.3 is 0 Å². The average molecular weight is 446 g/mol. The second-order valence-corrected chi connectivity index (χ2v) is 10.8. The zero-order valence-electron chi connectivity index (χ0n) is 14.9. The van der Waals surface area contributed by atoms with Crippen molar-refractivity contribution in [2.45, 2.75) is 76.5 Å². The van der Waals surface area contributed by atoms with Gasteiger partial charge in [0, 0.05) is 20.0 Å². The van der Waals surface area contributed by atoms with Crippen molar-refractivity contribution in [2.75, 3.05) is 5.75 Å². The first kappa shape index (κ1) is 20.5. The summed E-state index contributed by atoms with van der Waals surface area (Å²) in [5.41, 5.74) is 1.53. The molecule has 0 nitrogen and oxygen atoms in total. The van der Waals surface area contributed by atoms with Crippen LogP contribution in [0.2, 0.25) is 0 Å². The number of thiophene rings is 2. The average Bonchev–Trinajstić information content (AvgIpc) is 3.18. The Morgan fingerprint density at radius 3 is 2.46 bits per heavy atom. The van der Waals surface area contributed by atoms with Crippen molar-refractivity contribution in [3.8, 4) is 9.75 Å². The summed E-state index contributed by atoms with van der Waals surface area (Å²) in [5.74, 6) is 1.26. The molecule has 2 aromatic heterocycles. The highest BCUT2D eigenvalue weighted by molar-refractivity contribution is 9.11. The summed E-state index contributed by atoms with van der Waals surface area (Å²) >= 11 is 9.53. The van der Waals surface area contributed by atoms with Crippen LogP contribution < -0.4 is 0 Å². The highest BCUT2D eigenvalue weighted by Crippen LogP contribution is 2.41. The molecule has 2 aromatic rings. The van der Waals surface area contributed by atoms with E-state index >= 15 is 0 Å². The van der Waals surface area contributed by atoms with E-state index in [9.17, 15) is 0 Å². The van der Waals surface area contributed by atoms with Crippen molar-refractivity contribution in [3.05, 3.63) is 26.9 Å². The highest BCUT2D eigenvalue weighted by atomic mass is 79.9. The molecule has 0 aliphatic rings. The first-order valence-corrected chi connectivity index (χ1v) is 12.7. The highest BCUT2D eigenvalue weighted by Gasteiger charge is 2.12. The summed E-state index contributed by atoms with van der Waals surface area (Å²) in [4.78, 5) is 4.39. The van der Waals surface area contributed by atoms with Gasteiger partial charge in [-0.1, -0.05) is 52.4 Å². The maximum absolute atomic E-state index is 3.69. The first-order chi connectivity index (χ1) is 11.7. The van der Waals surface area contributed by atoms with Crippen molar-refractivity contribution in [3.63, 3.8) is 0 Å². The Balaban J connectivity index is 1.91. The summed E-state index contributed by atoms with van der Waals surface area (Å²) in [5, 5.41) is 2.34. The van der Waals surface area contributed by atoms with Crippen molar-refractivity contribution in [1.29, 1.82) is 0 Å². The lowest BCUT2D eigenvalue weighted by molar-refractivity contribution is 0.668. The van der Waals surface area contributed by atoms with Gasteiger partial charge in [0.1, 0.15) is 0 Å². The smallest absolute Gasteiger partial charge is 0.0708 e. The number of aryl methyl sites for hydroxylation is 1. The summed E-state index contributed by atoms with van der Waals surface area (Å²) in [6.45, 7) is 4.55. The first-order valence-electron chi connectivity index (χ1n) is 9.24. The van der Waals surface area contributed by atoms with E-state index in [1.165, 1.54) is 87.5 Å². The van der Waals surface area contributed by atoms with Crippen LogP contribution in [0.25, 0.3) is 9.75 Å². The van der Waals surface area contributed by atoms with E-state index in [-0.39, 0.29) is 0 Å². The number of unbranched alkanes of at least 4 members (excludes halogenated alkanes) is 6. The van der Waals surface area contributed by atoms with E-state index < -0.39 is 0 Å². The van der Waals surface area contributed by atoms with Gasteiger partial charge in [0.25, 0.3) is 0 Å². The van der Waals surface area contributed by atoms with Gasteiger partial charge in [-0.05, 0) is 58.6 Å². The number of thioether (sulfide) groups is 1. The van der Waals surface area contributed by atoms with Crippen molar-refractivity contribution in [2.24, 2.45) is 0 Å². The van der Waals surface area contributed by atoms with Crippen LogP contribution in [0.15, 0.2) is 26.2 Å². The Morgan fingerprint density at radius 2 is 1.71 bits per heavy atom. The van der Waals surface area contributed by atoms with Crippen LogP contribution >= 0.6 is 50.4 Å². The van der Waals surface area contributed by atoms with Gasteiger partial charge in [0.05, 0.1) is 3.79 Å². The van der Waals surface area contributed by atoms with Crippen LogP contribution in [0, 0.1) is 0 Å². The lowest BCUT2D eigenvalue weighted by Gasteiger charge is -2.02. The normalized spacial score (nSPS) is 11.3. The van der Waals surface area contributed by atoms with Crippen LogP contribution in [0.5, 0.6) is 0 Å². The molecule has 0 radical (unpaired) electrons. The fourth-order valence-electron chi connectivity index (χ4n) is 2.76. The Bertz CT molecular complexity index is 585. The van der Waals surface area contributed by atoms with Crippen molar-refractivity contribution < 1.29 is 0 Å². The Morgan fingerprint density at radius 1 is 0.958 bits per heavy atom. The van der Waals surface area contributed by atoms with E-state index in [1.807, 2.05) is 34.4 Å². The summed E-state index contributed by atoms with van der Waals surface area (Å²) < 4.78 is 1.27. The minimum Gasteiger partial charge on any atom is -0.142 e. The molecule has 0 unspecified atom stereocenters. The van der Waals surface area contributed by atoms with Crippen molar-refractivity contribution >= 4 is 50.4 Å². The van der Waals surface area contributed by atoms with E-state index in [0.29, 0.717) is 0 Å². The molecule has 4 heteroatoms. The van der Waals surface area contributed by atoms with Gasteiger partial charge >= 0.3 is 0 Å². The monoisotopic (exact) mass is 444 g/mol. The van der Waals surface area contributed by atoms with Crippen LogP contribution in [-0.2, 0) is 6.42 Å². The number of halogens is 1. The molecule has 0 fully saturated rings. The molecule has 0 saturated carbocycles. The van der Waals surface area contributed by atoms with E-state index in [1.54, 1.807) is 0 Å². The summed E-state index contributed by atoms with van der Waals surface area (Å²) in [7, 11) is 0. The van der Waals surface area contributed by atoms with E-state index in [0.717, 1.165) is 0 Å². The van der Waals surface area contributed by atoms with Gasteiger partial charge in [0.15, 0.2) is 0 Å². The second kappa shape index (κ2) is 11.8.